The van der Waals surface area contributed by atoms with E-state index < -0.39 is 5.60 Å². The van der Waals surface area contributed by atoms with Gasteiger partial charge in [0.1, 0.15) is 5.60 Å². The standard InChI is InChI=1S/C9H15NOS/c1-9(11,7-10(2)3)8-5-4-6-12-8/h4-6,11H,7H2,1-3H3. The summed E-state index contributed by atoms with van der Waals surface area (Å²) in [5, 5.41) is 12.0. The van der Waals surface area contributed by atoms with E-state index in [4.69, 9.17) is 0 Å². The van der Waals surface area contributed by atoms with Crippen LogP contribution >= 0.6 is 11.3 Å². The van der Waals surface area contributed by atoms with E-state index >= 15 is 0 Å². The molecule has 1 N–H and O–H groups in total. The van der Waals surface area contributed by atoms with Crippen molar-refractivity contribution in [3.63, 3.8) is 0 Å². The van der Waals surface area contributed by atoms with Crippen molar-refractivity contribution in [2.24, 2.45) is 0 Å². The van der Waals surface area contributed by atoms with Crippen LogP contribution in [0.3, 0.4) is 0 Å². The maximum Gasteiger partial charge on any atom is 0.109 e. The lowest BCUT2D eigenvalue weighted by Crippen LogP contribution is -2.33. The van der Waals surface area contributed by atoms with Crippen molar-refractivity contribution in [3.05, 3.63) is 22.4 Å². The predicted molar refractivity (Wildman–Crippen MR) is 52.4 cm³/mol. The van der Waals surface area contributed by atoms with Crippen LogP contribution in [0.15, 0.2) is 17.5 Å². The molecule has 0 aliphatic carbocycles. The van der Waals surface area contributed by atoms with Gasteiger partial charge in [0.05, 0.1) is 0 Å². The van der Waals surface area contributed by atoms with E-state index in [1.807, 2.05) is 43.4 Å². The van der Waals surface area contributed by atoms with Crippen LogP contribution in [0.2, 0.25) is 0 Å². The van der Waals surface area contributed by atoms with Gasteiger partial charge in [-0.1, -0.05) is 6.07 Å². The largest absolute Gasteiger partial charge is 0.383 e. The molecule has 0 aliphatic heterocycles. The van der Waals surface area contributed by atoms with Crippen LogP contribution in [-0.4, -0.2) is 30.6 Å². The first-order chi connectivity index (χ1) is 5.52. The Hall–Kier alpha value is -0.380. The molecule has 0 aliphatic rings. The van der Waals surface area contributed by atoms with Crippen molar-refractivity contribution in [1.29, 1.82) is 0 Å². The molecule has 1 rings (SSSR count). The molecule has 0 bridgehead atoms. The number of hydrogen-bond donors (Lipinski definition) is 1. The van der Waals surface area contributed by atoms with E-state index in [1.54, 1.807) is 11.3 Å². The van der Waals surface area contributed by atoms with Crippen LogP contribution in [0.4, 0.5) is 0 Å². The van der Waals surface area contributed by atoms with Gasteiger partial charge in [0, 0.05) is 11.4 Å². The number of rotatable bonds is 3. The molecule has 0 saturated heterocycles. The average Bonchev–Trinajstić information content (AvgIpc) is 2.32. The third-order valence-corrected chi connectivity index (χ3v) is 2.80. The quantitative estimate of drug-likeness (QED) is 0.771. The van der Waals surface area contributed by atoms with Gasteiger partial charge in [0.2, 0.25) is 0 Å². The monoisotopic (exact) mass is 185 g/mol. The summed E-state index contributed by atoms with van der Waals surface area (Å²) in [5.74, 6) is 0. The molecule has 0 amide bonds. The summed E-state index contributed by atoms with van der Waals surface area (Å²) in [6.07, 6.45) is 0. The minimum absolute atomic E-state index is 0.660. The Morgan fingerprint density at radius 1 is 1.58 bits per heavy atom. The Kier molecular flexibility index (Phi) is 2.88. The Morgan fingerprint density at radius 3 is 2.67 bits per heavy atom. The second-order valence-electron chi connectivity index (χ2n) is 3.49. The highest BCUT2D eigenvalue weighted by molar-refractivity contribution is 7.10. The normalized spacial score (nSPS) is 16.4. The Labute approximate surface area is 77.5 Å². The van der Waals surface area contributed by atoms with Gasteiger partial charge < -0.3 is 10.0 Å². The molecule has 1 aromatic rings. The Bertz CT molecular complexity index is 229. The van der Waals surface area contributed by atoms with Crippen LogP contribution in [0, 0.1) is 0 Å². The predicted octanol–water partition coefficient (Wildman–Crippen LogP) is 1.52. The zero-order valence-corrected chi connectivity index (χ0v) is 8.56. The molecular formula is C9H15NOS. The molecule has 1 unspecified atom stereocenters. The lowest BCUT2D eigenvalue weighted by Gasteiger charge is -2.25. The van der Waals surface area contributed by atoms with Crippen molar-refractivity contribution in [3.8, 4) is 0 Å². The summed E-state index contributed by atoms with van der Waals surface area (Å²) in [5.41, 5.74) is -0.711. The van der Waals surface area contributed by atoms with Crippen LogP contribution < -0.4 is 0 Å². The van der Waals surface area contributed by atoms with E-state index in [2.05, 4.69) is 0 Å². The third-order valence-electron chi connectivity index (χ3n) is 1.68. The van der Waals surface area contributed by atoms with E-state index in [0.29, 0.717) is 6.54 Å². The summed E-state index contributed by atoms with van der Waals surface area (Å²) in [6, 6.07) is 3.93. The molecule has 0 spiro atoms. The average molecular weight is 185 g/mol. The molecule has 1 atom stereocenters. The van der Waals surface area contributed by atoms with Gasteiger partial charge >= 0.3 is 0 Å². The fourth-order valence-electron chi connectivity index (χ4n) is 1.28. The van der Waals surface area contributed by atoms with Crippen LogP contribution in [0.25, 0.3) is 0 Å². The highest BCUT2D eigenvalue weighted by Gasteiger charge is 2.24. The molecule has 68 valence electrons. The van der Waals surface area contributed by atoms with Crippen LogP contribution in [0.1, 0.15) is 11.8 Å². The number of likely N-dealkylation sites (N-methyl/N-ethyl adjacent to an activating group) is 1. The third kappa shape index (κ3) is 2.30. The molecule has 0 saturated carbocycles. The second-order valence-corrected chi connectivity index (χ2v) is 4.44. The minimum Gasteiger partial charge on any atom is -0.383 e. The van der Waals surface area contributed by atoms with Gasteiger partial charge in [-0.15, -0.1) is 11.3 Å². The first kappa shape index (κ1) is 9.71. The maximum atomic E-state index is 10.0. The number of thiophene rings is 1. The first-order valence-corrected chi connectivity index (χ1v) is 4.81. The smallest absolute Gasteiger partial charge is 0.109 e. The zero-order chi connectivity index (χ0) is 9.19. The maximum absolute atomic E-state index is 10.0. The highest BCUT2D eigenvalue weighted by Crippen LogP contribution is 2.25. The summed E-state index contributed by atoms with van der Waals surface area (Å²) < 4.78 is 0. The fourth-order valence-corrected chi connectivity index (χ4v) is 2.06. The summed E-state index contributed by atoms with van der Waals surface area (Å²) in [7, 11) is 3.92. The molecule has 0 aromatic carbocycles. The SMILES string of the molecule is CN(C)CC(C)(O)c1cccs1. The summed E-state index contributed by atoms with van der Waals surface area (Å²) in [6.45, 7) is 2.51. The molecule has 0 radical (unpaired) electrons. The fraction of sp³-hybridized carbons (Fsp3) is 0.556. The van der Waals surface area contributed by atoms with Gasteiger partial charge in [0.15, 0.2) is 0 Å². The number of nitrogens with zero attached hydrogens (tertiary/aromatic N) is 1. The topological polar surface area (TPSA) is 23.5 Å². The molecule has 3 heteroatoms. The van der Waals surface area contributed by atoms with Crippen molar-refractivity contribution in [2.75, 3.05) is 20.6 Å². The van der Waals surface area contributed by atoms with Gasteiger partial charge in [-0.2, -0.15) is 0 Å². The van der Waals surface area contributed by atoms with Gasteiger partial charge in [0.25, 0.3) is 0 Å². The van der Waals surface area contributed by atoms with Crippen LogP contribution in [-0.2, 0) is 5.60 Å². The zero-order valence-electron chi connectivity index (χ0n) is 7.74. The highest BCUT2D eigenvalue weighted by atomic mass is 32.1. The minimum atomic E-state index is -0.711. The van der Waals surface area contributed by atoms with E-state index in [1.165, 1.54) is 0 Å². The second kappa shape index (κ2) is 3.56. The first-order valence-electron chi connectivity index (χ1n) is 3.93. The van der Waals surface area contributed by atoms with Crippen molar-refractivity contribution in [1.82, 2.24) is 4.90 Å². The molecule has 12 heavy (non-hydrogen) atoms. The molecule has 1 heterocycles. The summed E-state index contributed by atoms with van der Waals surface area (Å²) in [4.78, 5) is 3.01. The van der Waals surface area contributed by atoms with Crippen molar-refractivity contribution >= 4 is 11.3 Å². The molecule has 1 aromatic heterocycles. The Balaban J connectivity index is 2.72. The van der Waals surface area contributed by atoms with E-state index in [-0.39, 0.29) is 0 Å². The van der Waals surface area contributed by atoms with Gasteiger partial charge in [-0.3, -0.25) is 0 Å². The lowest BCUT2D eigenvalue weighted by atomic mass is 10.1. The Morgan fingerprint density at radius 2 is 2.25 bits per heavy atom. The molecular weight excluding hydrogens is 170 g/mol. The van der Waals surface area contributed by atoms with Gasteiger partial charge in [-0.05, 0) is 32.5 Å². The van der Waals surface area contributed by atoms with Crippen molar-refractivity contribution in [2.45, 2.75) is 12.5 Å². The number of aliphatic hydroxyl groups is 1. The molecule has 0 fully saturated rings. The van der Waals surface area contributed by atoms with E-state index in [9.17, 15) is 5.11 Å². The summed E-state index contributed by atoms with van der Waals surface area (Å²) >= 11 is 1.60. The van der Waals surface area contributed by atoms with Gasteiger partial charge in [-0.25, -0.2) is 0 Å². The van der Waals surface area contributed by atoms with Crippen LogP contribution in [0.5, 0.6) is 0 Å². The number of hydrogen-bond acceptors (Lipinski definition) is 3. The lowest BCUT2D eigenvalue weighted by molar-refractivity contribution is 0.0335. The van der Waals surface area contributed by atoms with Crippen molar-refractivity contribution < 1.29 is 5.11 Å². The molecule has 2 nitrogen and oxygen atoms in total. The van der Waals surface area contributed by atoms with E-state index in [0.717, 1.165) is 4.88 Å².